The van der Waals surface area contributed by atoms with Crippen LogP contribution in [0.4, 0.5) is 5.69 Å². The highest BCUT2D eigenvalue weighted by Crippen LogP contribution is 2.39. The smallest absolute Gasteiger partial charge is 0.0578 e. The van der Waals surface area contributed by atoms with Crippen molar-refractivity contribution in [2.24, 2.45) is 7.05 Å². The van der Waals surface area contributed by atoms with Gasteiger partial charge in [-0.05, 0) is 31.0 Å². The number of nitrogens with zero attached hydrogens (tertiary/aromatic N) is 1. The molecule has 0 radical (unpaired) electrons. The Morgan fingerprint density at radius 3 is 2.57 bits per heavy atom. The summed E-state index contributed by atoms with van der Waals surface area (Å²) in [6.07, 6.45) is 1.07. The van der Waals surface area contributed by atoms with Crippen LogP contribution in [0, 0.1) is 6.92 Å². The standard InChI is InChI=1S/C18H18N2.ClH/c1-12-18(14-8-4-6-10-17(14)20(12)2)16-11-13-7-3-5-9-15(13)19-16;/h3-10,16,19H,11H2,1-2H3;1H. The Kier molecular flexibility index (Phi) is 3.42. The molecule has 4 rings (SSSR count). The molecule has 3 aromatic rings. The molecule has 0 fully saturated rings. The van der Waals surface area contributed by atoms with Crippen LogP contribution in [0.5, 0.6) is 0 Å². The van der Waals surface area contributed by atoms with Gasteiger partial charge in [0.1, 0.15) is 0 Å². The van der Waals surface area contributed by atoms with Crippen molar-refractivity contribution in [2.45, 2.75) is 19.4 Å². The lowest BCUT2D eigenvalue weighted by atomic mass is 10.00. The summed E-state index contributed by atoms with van der Waals surface area (Å²) in [4.78, 5) is 0. The second kappa shape index (κ2) is 5.12. The first-order valence-corrected chi connectivity index (χ1v) is 7.14. The van der Waals surface area contributed by atoms with Gasteiger partial charge in [0.05, 0.1) is 6.04 Å². The number of fused-ring (bicyclic) bond motifs is 2. The molecule has 0 saturated heterocycles. The van der Waals surface area contributed by atoms with E-state index < -0.39 is 0 Å². The van der Waals surface area contributed by atoms with Crippen molar-refractivity contribution in [1.29, 1.82) is 0 Å². The molecule has 108 valence electrons. The molecular weight excluding hydrogens is 280 g/mol. The lowest BCUT2D eigenvalue weighted by Crippen LogP contribution is -2.07. The fraction of sp³-hybridized carbons (Fsp3) is 0.222. The van der Waals surface area contributed by atoms with Crippen molar-refractivity contribution in [1.82, 2.24) is 4.57 Å². The van der Waals surface area contributed by atoms with Crippen molar-refractivity contribution in [3.8, 4) is 0 Å². The molecule has 1 aromatic heterocycles. The molecule has 0 amide bonds. The zero-order valence-corrected chi connectivity index (χ0v) is 13.1. The van der Waals surface area contributed by atoms with Gasteiger partial charge in [-0.1, -0.05) is 36.4 Å². The normalized spacial score (nSPS) is 16.4. The number of nitrogens with one attached hydrogen (secondary N) is 1. The molecule has 1 N–H and O–H groups in total. The fourth-order valence-electron chi connectivity index (χ4n) is 3.46. The van der Waals surface area contributed by atoms with Gasteiger partial charge < -0.3 is 9.88 Å². The summed E-state index contributed by atoms with van der Waals surface area (Å²) in [6.45, 7) is 2.22. The molecule has 0 spiro atoms. The van der Waals surface area contributed by atoms with Crippen molar-refractivity contribution in [3.05, 3.63) is 65.4 Å². The average molecular weight is 299 g/mol. The SMILES string of the molecule is Cc1c(C2Cc3ccccc3N2)c2ccccc2n1C.Cl. The molecule has 1 aliphatic heterocycles. The third-order valence-electron chi connectivity index (χ3n) is 4.57. The summed E-state index contributed by atoms with van der Waals surface area (Å²) in [6, 6.07) is 17.7. The first-order chi connectivity index (χ1) is 9.75. The minimum absolute atomic E-state index is 0. The number of hydrogen-bond acceptors (Lipinski definition) is 1. The molecule has 21 heavy (non-hydrogen) atoms. The topological polar surface area (TPSA) is 17.0 Å². The largest absolute Gasteiger partial charge is 0.378 e. The Balaban J connectivity index is 0.00000132. The predicted molar refractivity (Wildman–Crippen MR) is 91.4 cm³/mol. The highest BCUT2D eigenvalue weighted by Gasteiger charge is 2.26. The van der Waals surface area contributed by atoms with Crippen LogP contribution in [0.1, 0.15) is 22.9 Å². The molecular formula is C18H19ClN2. The number of rotatable bonds is 1. The van der Waals surface area contributed by atoms with Crippen LogP contribution < -0.4 is 5.32 Å². The van der Waals surface area contributed by atoms with E-state index in [1.54, 1.807) is 0 Å². The minimum atomic E-state index is 0. The molecule has 0 saturated carbocycles. The number of hydrogen-bond donors (Lipinski definition) is 1. The van der Waals surface area contributed by atoms with Gasteiger partial charge in [0, 0.05) is 34.9 Å². The van der Waals surface area contributed by atoms with Crippen LogP contribution >= 0.6 is 12.4 Å². The first-order valence-electron chi connectivity index (χ1n) is 7.14. The van der Waals surface area contributed by atoms with Gasteiger partial charge in [-0.15, -0.1) is 12.4 Å². The zero-order chi connectivity index (χ0) is 13.7. The third-order valence-corrected chi connectivity index (χ3v) is 4.57. The average Bonchev–Trinajstić information content (AvgIpc) is 3.00. The summed E-state index contributed by atoms with van der Waals surface area (Å²) in [5.41, 5.74) is 6.82. The molecule has 1 atom stereocenters. The van der Waals surface area contributed by atoms with Crippen LogP contribution in [0.2, 0.25) is 0 Å². The van der Waals surface area contributed by atoms with Crippen LogP contribution in [-0.4, -0.2) is 4.57 Å². The Morgan fingerprint density at radius 2 is 1.76 bits per heavy atom. The summed E-state index contributed by atoms with van der Waals surface area (Å²) in [7, 11) is 2.16. The zero-order valence-electron chi connectivity index (χ0n) is 12.3. The van der Waals surface area contributed by atoms with E-state index in [9.17, 15) is 0 Å². The van der Waals surface area contributed by atoms with Crippen molar-refractivity contribution in [2.75, 3.05) is 5.32 Å². The van der Waals surface area contributed by atoms with Crippen LogP contribution in [0.15, 0.2) is 48.5 Å². The van der Waals surface area contributed by atoms with Crippen LogP contribution in [0.25, 0.3) is 10.9 Å². The van der Waals surface area contributed by atoms with E-state index in [1.165, 1.54) is 33.4 Å². The van der Waals surface area contributed by atoms with E-state index in [0.29, 0.717) is 6.04 Å². The molecule has 1 aliphatic rings. The number of aryl methyl sites for hydroxylation is 1. The quantitative estimate of drug-likeness (QED) is 0.694. The lowest BCUT2D eigenvalue weighted by molar-refractivity contribution is 0.801. The van der Waals surface area contributed by atoms with Gasteiger partial charge in [0.15, 0.2) is 0 Å². The molecule has 2 aromatic carbocycles. The Labute approximate surface area is 131 Å². The highest BCUT2D eigenvalue weighted by atomic mass is 35.5. The van der Waals surface area contributed by atoms with Gasteiger partial charge in [-0.25, -0.2) is 0 Å². The van der Waals surface area contributed by atoms with E-state index in [1.807, 2.05) is 0 Å². The Morgan fingerprint density at radius 1 is 1.05 bits per heavy atom. The maximum absolute atomic E-state index is 3.68. The fourth-order valence-corrected chi connectivity index (χ4v) is 3.46. The molecule has 1 unspecified atom stereocenters. The second-order valence-corrected chi connectivity index (χ2v) is 5.63. The number of anilines is 1. The van der Waals surface area contributed by atoms with Gasteiger partial charge in [0.25, 0.3) is 0 Å². The molecule has 2 heterocycles. The van der Waals surface area contributed by atoms with Crippen LogP contribution in [-0.2, 0) is 13.5 Å². The van der Waals surface area contributed by atoms with Crippen molar-refractivity contribution < 1.29 is 0 Å². The van der Waals surface area contributed by atoms with Crippen molar-refractivity contribution >= 4 is 29.0 Å². The summed E-state index contributed by atoms with van der Waals surface area (Å²) in [5, 5.41) is 5.06. The summed E-state index contributed by atoms with van der Waals surface area (Å²) in [5.74, 6) is 0. The van der Waals surface area contributed by atoms with E-state index in [0.717, 1.165) is 6.42 Å². The van der Waals surface area contributed by atoms with Gasteiger partial charge in [0.2, 0.25) is 0 Å². The Hall–Kier alpha value is -1.93. The number of halogens is 1. The first kappa shape index (κ1) is 14.0. The van der Waals surface area contributed by atoms with Crippen molar-refractivity contribution in [3.63, 3.8) is 0 Å². The monoisotopic (exact) mass is 298 g/mol. The minimum Gasteiger partial charge on any atom is -0.378 e. The van der Waals surface area contributed by atoms with Gasteiger partial charge in [-0.2, -0.15) is 0 Å². The highest BCUT2D eigenvalue weighted by molar-refractivity contribution is 5.87. The molecule has 0 aliphatic carbocycles. The van der Waals surface area contributed by atoms with E-state index in [2.05, 4.69) is 72.4 Å². The molecule has 2 nitrogen and oxygen atoms in total. The summed E-state index contributed by atoms with van der Waals surface area (Å²) >= 11 is 0. The van der Waals surface area contributed by atoms with E-state index in [4.69, 9.17) is 0 Å². The second-order valence-electron chi connectivity index (χ2n) is 5.63. The third kappa shape index (κ3) is 2.02. The van der Waals surface area contributed by atoms with Gasteiger partial charge in [-0.3, -0.25) is 0 Å². The Bertz CT molecular complexity index is 779. The predicted octanol–water partition coefficient (Wildman–Crippen LogP) is 4.62. The van der Waals surface area contributed by atoms with E-state index >= 15 is 0 Å². The number of para-hydroxylation sites is 2. The molecule has 3 heteroatoms. The van der Waals surface area contributed by atoms with E-state index in [-0.39, 0.29) is 12.4 Å². The number of benzene rings is 2. The molecule has 0 bridgehead atoms. The maximum atomic E-state index is 3.68. The number of aromatic nitrogens is 1. The maximum Gasteiger partial charge on any atom is 0.0578 e. The summed E-state index contributed by atoms with van der Waals surface area (Å²) < 4.78 is 2.30. The van der Waals surface area contributed by atoms with Crippen LogP contribution in [0.3, 0.4) is 0 Å². The lowest BCUT2D eigenvalue weighted by Gasteiger charge is -2.12. The van der Waals surface area contributed by atoms with Gasteiger partial charge >= 0.3 is 0 Å².